The molecule has 0 aliphatic heterocycles. The second-order valence-electron chi connectivity index (χ2n) is 9.58. The third kappa shape index (κ3) is 9.43. The van der Waals surface area contributed by atoms with E-state index in [1.807, 2.05) is 58.0 Å². The van der Waals surface area contributed by atoms with Gasteiger partial charge >= 0.3 is 0 Å². The van der Waals surface area contributed by atoms with Crippen LogP contribution in [0.5, 0.6) is 11.5 Å². The van der Waals surface area contributed by atoms with Gasteiger partial charge in [-0.25, -0.2) is 0 Å². The standard InChI is InChI=1S/C33H35NO2.2C2H6/c1-23(28-9-6-10-31(35)21-28)13-14-25-7-5-8-26(17-25)15-16-27-18-29(24(2)22-34)20-30(19-27)32-11-3-4-12-33(32)36;2*1-2/h3-12,17,19-21,35-36H,1,13-16,18,22,34H2,2H3;2*1-2H3/b29-24+;;. The van der Waals surface area contributed by atoms with E-state index in [9.17, 15) is 10.2 Å². The molecule has 0 bridgehead atoms. The van der Waals surface area contributed by atoms with Gasteiger partial charge in [0.25, 0.3) is 0 Å². The van der Waals surface area contributed by atoms with Crippen molar-refractivity contribution in [2.45, 2.75) is 66.7 Å². The molecule has 4 N–H and O–H groups in total. The number of para-hydroxylation sites is 1. The summed E-state index contributed by atoms with van der Waals surface area (Å²) in [6.45, 7) is 14.8. The summed E-state index contributed by atoms with van der Waals surface area (Å²) in [5, 5.41) is 20.2. The normalized spacial score (nSPS) is 13.6. The van der Waals surface area contributed by atoms with Crippen molar-refractivity contribution >= 4 is 11.1 Å². The molecule has 1 aliphatic carbocycles. The molecule has 0 spiro atoms. The van der Waals surface area contributed by atoms with Crippen LogP contribution < -0.4 is 5.73 Å². The molecule has 0 aromatic heterocycles. The molecule has 3 heteroatoms. The van der Waals surface area contributed by atoms with Gasteiger partial charge in [-0.3, -0.25) is 0 Å². The number of hydrogen-bond acceptors (Lipinski definition) is 3. The highest BCUT2D eigenvalue weighted by atomic mass is 16.3. The topological polar surface area (TPSA) is 66.5 Å². The number of phenols is 2. The quantitative estimate of drug-likeness (QED) is 0.255. The Labute approximate surface area is 242 Å². The molecule has 1 aliphatic rings. The van der Waals surface area contributed by atoms with Crippen molar-refractivity contribution in [2.75, 3.05) is 6.54 Å². The van der Waals surface area contributed by atoms with E-state index in [0.29, 0.717) is 12.3 Å². The van der Waals surface area contributed by atoms with Crippen LogP contribution in [0.2, 0.25) is 0 Å². The first kappa shape index (κ1) is 32.4. The summed E-state index contributed by atoms with van der Waals surface area (Å²) in [6, 6.07) is 23.6. The minimum atomic E-state index is 0.271. The van der Waals surface area contributed by atoms with Gasteiger partial charge in [-0.05, 0) is 90.6 Å². The molecule has 0 atom stereocenters. The zero-order valence-electron chi connectivity index (χ0n) is 25.0. The molecule has 0 fully saturated rings. The number of nitrogens with two attached hydrogens (primary N) is 1. The highest BCUT2D eigenvalue weighted by Crippen LogP contribution is 2.35. The Hall–Kier alpha value is -3.82. The third-order valence-corrected chi connectivity index (χ3v) is 6.87. The molecule has 4 rings (SSSR count). The molecule has 40 heavy (non-hydrogen) atoms. The fourth-order valence-electron chi connectivity index (χ4n) is 4.65. The van der Waals surface area contributed by atoms with Crippen LogP contribution in [0.4, 0.5) is 0 Å². The van der Waals surface area contributed by atoms with Crippen LogP contribution in [0.1, 0.15) is 76.1 Å². The molecule has 212 valence electrons. The van der Waals surface area contributed by atoms with Crippen LogP contribution in [0.3, 0.4) is 0 Å². The Morgan fingerprint density at radius 2 is 1.48 bits per heavy atom. The number of hydrogen-bond donors (Lipinski definition) is 3. The Kier molecular flexibility index (Phi) is 13.8. The number of aromatic hydroxyl groups is 2. The summed E-state index contributed by atoms with van der Waals surface area (Å²) in [6.07, 6.45) is 8.95. The number of phenolic OH excluding ortho intramolecular Hbond substituents is 2. The highest BCUT2D eigenvalue weighted by Gasteiger charge is 2.15. The molecule has 0 heterocycles. The second-order valence-corrected chi connectivity index (χ2v) is 9.58. The molecule has 0 amide bonds. The average Bonchev–Trinajstić information content (AvgIpc) is 3.00. The van der Waals surface area contributed by atoms with E-state index in [2.05, 4.69) is 49.9 Å². The number of benzene rings is 3. The molecular formula is C37H47NO2. The molecule has 3 aromatic carbocycles. The number of aryl methyl sites for hydroxylation is 2. The first-order chi connectivity index (χ1) is 19.4. The van der Waals surface area contributed by atoms with Crippen LogP contribution in [-0.4, -0.2) is 16.8 Å². The molecule has 0 saturated carbocycles. The average molecular weight is 538 g/mol. The first-order valence-electron chi connectivity index (χ1n) is 14.6. The van der Waals surface area contributed by atoms with Gasteiger partial charge in [0.2, 0.25) is 0 Å². The largest absolute Gasteiger partial charge is 0.508 e. The van der Waals surface area contributed by atoms with Crippen molar-refractivity contribution in [2.24, 2.45) is 5.73 Å². The predicted molar refractivity (Wildman–Crippen MR) is 173 cm³/mol. The van der Waals surface area contributed by atoms with Gasteiger partial charge in [-0.15, -0.1) is 0 Å². The van der Waals surface area contributed by atoms with Gasteiger partial charge in [0.1, 0.15) is 11.5 Å². The molecule has 0 radical (unpaired) electrons. The summed E-state index contributed by atoms with van der Waals surface area (Å²) in [5.41, 5.74) is 16.3. The van der Waals surface area contributed by atoms with Gasteiger partial charge in [-0.2, -0.15) is 0 Å². The van der Waals surface area contributed by atoms with Gasteiger partial charge in [0.05, 0.1) is 0 Å². The lowest BCUT2D eigenvalue weighted by Gasteiger charge is -2.19. The maximum atomic E-state index is 10.4. The maximum absolute atomic E-state index is 10.4. The van der Waals surface area contributed by atoms with E-state index in [1.165, 1.54) is 27.8 Å². The minimum Gasteiger partial charge on any atom is -0.508 e. The fraction of sp³-hybridized carbons (Fsp3) is 0.297. The summed E-state index contributed by atoms with van der Waals surface area (Å²) < 4.78 is 0. The molecule has 3 aromatic rings. The van der Waals surface area contributed by atoms with Gasteiger partial charge in [-0.1, -0.05) is 112 Å². The lowest BCUT2D eigenvalue weighted by molar-refractivity contribution is 0.473. The summed E-state index contributed by atoms with van der Waals surface area (Å²) in [7, 11) is 0. The van der Waals surface area contributed by atoms with Gasteiger partial charge < -0.3 is 15.9 Å². The van der Waals surface area contributed by atoms with Crippen molar-refractivity contribution in [1.82, 2.24) is 0 Å². The maximum Gasteiger partial charge on any atom is 0.123 e. The smallest absolute Gasteiger partial charge is 0.123 e. The molecular weight excluding hydrogens is 490 g/mol. The Bertz CT molecular complexity index is 1340. The highest BCUT2D eigenvalue weighted by molar-refractivity contribution is 5.81. The first-order valence-corrected chi connectivity index (χ1v) is 14.6. The van der Waals surface area contributed by atoms with Crippen molar-refractivity contribution in [1.29, 1.82) is 0 Å². The van der Waals surface area contributed by atoms with E-state index < -0.39 is 0 Å². The lowest BCUT2D eigenvalue weighted by Crippen LogP contribution is -2.06. The Morgan fingerprint density at radius 1 is 0.800 bits per heavy atom. The SMILES string of the molecule is C=C(CCc1cccc(CCC2=CC(c3ccccc3O)=C/C(=C(\C)CN)C2)c1)c1cccc(O)c1.CC.CC. The number of allylic oxidation sites excluding steroid dienone is 6. The van der Waals surface area contributed by atoms with Crippen molar-refractivity contribution in [3.05, 3.63) is 131 Å². The van der Waals surface area contributed by atoms with Crippen LogP contribution in [0.15, 0.2) is 108 Å². The molecule has 0 unspecified atom stereocenters. The minimum absolute atomic E-state index is 0.271. The summed E-state index contributed by atoms with van der Waals surface area (Å²) >= 11 is 0. The fourth-order valence-corrected chi connectivity index (χ4v) is 4.65. The third-order valence-electron chi connectivity index (χ3n) is 6.87. The van der Waals surface area contributed by atoms with Crippen LogP contribution >= 0.6 is 0 Å². The molecule has 3 nitrogen and oxygen atoms in total. The Morgan fingerprint density at radius 3 is 2.15 bits per heavy atom. The number of rotatable bonds is 9. The predicted octanol–water partition coefficient (Wildman–Crippen LogP) is 9.42. The zero-order chi connectivity index (χ0) is 29.5. The molecule has 0 saturated heterocycles. The van der Waals surface area contributed by atoms with E-state index in [0.717, 1.165) is 54.4 Å². The van der Waals surface area contributed by atoms with Crippen LogP contribution in [0, 0.1) is 0 Å². The van der Waals surface area contributed by atoms with Crippen molar-refractivity contribution in [3.8, 4) is 11.5 Å². The van der Waals surface area contributed by atoms with E-state index >= 15 is 0 Å². The van der Waals surface area contributed by atoms with Crippen LogP contribution in [0.25, 0.3) is 11.1 Å². The van der Waals surface area contributed by atoms with Crippen LogP contribution in [-0.2, 0) is 12.8 Å². The van der Waals surface area contributed by atoms with E-state index in [-0.39, 0.29) is 5.75 Å². The monoisotopic (exact) mass is 537 g/mol. The van der Waals surface area contributed by atoms with Gasteiger partial charge in [0.15, 0.2) is 0 Å². The summed E-state index contributed by atoms with van der Waals surface area (Å²) in [4.78, 5) is 0. The van der Waals surface area contributed by atoms with Crippen molar-refractivity contribution in [3.63, 3.8) is 0 Å². The van der Waals surface area contributed by atoms with E-state index in [1.54, 1.807) is 18.2 Å². The Balaban J connectivity index is 0.00000134. The van der Waals surface area contributed by atoms with Gasteiger partial charge in [0, 0.05) is 12.1 Å². The van der Waals surface area contributed by atoms with Crippen molar-refractivity contribution < 1.29 is 10.2 Å². The van der Waals surface area contributed by atoms with E-state index in [4.69, 9.17) is 5.73 Å². The summed E-state index contributed by atoms with van der Waals surface area (Å²) in [5.74, 6) is 0.568. The second kappa shape index (κ2) is 17.0. The lowest BCUT2D eigenvalue weighted by atomic mass is 9.86. The zero-order valence-corrected chi connectivity index (χ0v) is 25.0.